The number of nitrogens with one attached hydrogen (secondary N) is 1. The molecule has 2 aromatic carbocycles. The van der Waals surface area contributed by atoms with Gasteiger partial charge in [0, 0.05) is 36.6 Å². The molecule has 2 heterocycles. The van der Waals surface area contributed by atoms with Crippen molar-refractivity contribution in [3.05, 3.63) is 59.5 Å². The van der Waals surface area contributed by atoms with Gasteiger partial charge in [-0.1, -0.05) is 18.2 Å². The first kappa shape index (κ1) is 16.1. The summed E-state index contributed by atoms with van der Waals surface area (Å²) in [6.45, 7) is 6.25. The largest absolute Gasteiger partial charge is 0.457 e. The molecule has 3 aromatic rings. The smallest absolute Gasteiger partial charge is 0.186 e. The van der Waals surface area contributed by atoms with E-state index in [0.717, 1.165) is 54.1 Å². The number of aryl methyl sites for hydroxylation is 1. The third kappa shape index (κ3) is 3.67. The molecule has 5 heteroatoms. The predicted octanol–water partition coefficient (Wildman–Crippen LogP) is 4.32. The second kappa shape index (κ2) is 7.25. The highest BCUT2D eigenvalue weighted by molar-refractivity contribution is 7.16. The fraction of sp³-hybridized carbons (Fsp3) is 0.250. The molecule has 0 amide bonds. The van der Waals surface area contributed by atoms with Gasteiger partial charge in [-0.25, -0.2) is 4.98 Å². The summed E-state index contributed by atoms with van der Waals surface area (Å²) in [6, 6.07) is 18.0. The van der Waals surface area contributed by atoms with Gasteiger partial charge in [-0.05, 0) is 43.3 Å². The van der Waals surface area contributed by atoms with Crippen LogP contribution in [0.3, 0.4) is 0 Å². The number of aromatic nitrogens is 1. The molecule has 4 nitrogen and oxygen atoms in total. The van der Waals surface area contributed by atoms with Crippen molar-refractivity contribution in [2.75, 3.05) is 31.1 Å². The van der Waals surface area contributed by atoms with Crippen LogP contribution in [0, 0.1) is 6.92 Å². The maximum Gasteiger partial charge on any atom is 0.186 e. The second-order valence-corrected chi connectivity index (χ2v) is 7.26. The molecular formula is C20H21N3OS. The number of para-hydroxylation sites is 1. The van der Waals surface area contributed by atoms with E-state index in [1.54, 1.807) is 11.3 Å². The van der Waals surface area contributed by atoms with Crippen molar-refractivity contribution in [2.45, 2.75) is 6.92 Å². The van der Waals surface area contributed by atoms with Crippen molar-refractivity contribution in [2.24, 2.45) is 0 Å². The molecule has 0 unspecified atom stereocenters. The minimum Gasteiger partial charge on any atom is -0.457 e. The number of nitrogens with zero attached hydrogens (tertiary/aromatic N) is 2. The maximum absolute atomic E-state index is 5.87. The molecule has 0 bridgehead atoms. The van der Waals surface area contributed by atoms with Crippen molar-refractivity contribution in [3.8, 4) is 22.8 Å². The van der Waals surface area contributed by atoms with E-state index in [0.29, 0.717) is 0 Å². The van der Waals surface area contributed by atoms with Crippen LogP contribution in [0.5, 0.6) is 11.5 Å². The van der Waals surface area contributed by atoms with Gasteiger partial charge in [0.15, 0.2) is 5.13 Å². The Morgan fingerprint density at radius 2 is 1.64 bits per heavy atom. The molecule has 1 saturated heterocycles. The van der Waals surface area contributed by atoms with E-state index in [9.17, 15) is 0 Å². The minimum atomic E-state index is 0.838. The second-order valence-electron chi connectivity index (χ2n) is 6.08. The van der Waals surface area contributed by atoms with Crippen LogP contribution in [0.15, 0.2) is 54.6 Å². The van der Waals surface area contributed by atoms with Gasteiger partial charge >= 0.3 is 0 Å². The van der Waals surface area contributed by atoms with Crippen LogP contribution in [0.1, 0.15) is 4.88 Å². The van der Waals surface area contributed by atoms with E-state index in [4.69, 9.17) is 9.72 Å². The van der Waals surface area contributed by atoms with Crippen LogP contribution in [0.4, 0.5) is 5.13 Å². The molecule has 0 atom stereocenters. The third-order valence-corrected chi connectivity index (χ3v) is 5.31. The van der Waals surface area contributed by atoms with Gasteiger partial charge in [0.1, 0.15) is 11.5 Å². The highest BCUT2D eigenvalue weighted by atomic mass is 32.1. The molecule has 4 rings (SSSR count). The highest BCUT2D eigenvalue weighted by Crippen LogP contribution is 2.33. The lowest BCUT2D eigenvalue weighted by Gasteiger charge is -2.26. The Hall–Kier alpha value is -2.37. The Morgan fingerprint density at radius 1 is 0.960 bits per heavy atom. The lowest BCUT2D eigenvalue weighted by atomic mass is 10.1. The van der Waals surface area contributed by atoms with Crippen LogP contribution in [0.25, 0.3) is 11.3 Å². The number of thiazole rings is 1. The first-order valence-electron chi connectivity index (χ1n) is 8.56. The molecule has 0 spiro atoms. The number of piperazine rings is 1. The van der Waals surface area contributed by atoms with Crippen LogP contribution >= 0.6 is 11.3 Å². The van der Waals surface area contributed by atoms with Gasteiger partial charge in [0.05, 0.1) is 5.69 Å². The van der Waals surface area contributed by atoms with Gasteiger partial charge in [-0.15, -0.1) is 11.3 Å². The molecular weight excluding hydrogens is 330 g/mol. The first-order valence-corrected chi connectivity index (χ1v) is 9.38. The first-order chi connectivity index (χ1) is 12.3. The maximum atomic E-state index is 5.87. The van der Waals surface area contributed by atoms with Crippen LogP contribution in [-0.4, -0.2) is 31.2 Å². The number of hydrogen-bond donors (Lipinski definition) is 1. The Morgan fingerprint density at radius 3 is 2.36 bits per heavy atom. The standard InChI is InChI=1S/C20H21N3OS/c1-15-19(22-20(25-15)23-13-11-21-12-14-23)16-7-9-18(10-8-16)24-17-5-3-2-4-6-17/h2-10,21H,11-14H2,1H3. The van der Waals surface area contributed by atoms with Gasteiger partial charge in [-0.2, -0.15) is 0 Å². The van der Waals surface area contributed by atoms with Crippen molar-refractivity contribution >= 4 is 16.5 Å². The van der Waals surface area contributed by atoms with E-state index in [-0.39, 0.29) is 0 Å². The average Bonchev–Trinajstić information content (AvgIpc) is 3.06. The molecule has 1 fully saturated rings. The monoisotopic (exact) mass is 351 g/mol. The molecule has 25 heavy (non-hydrogen) atoms. The van der Waals surface area contributed by atoms with Crippen molar-refractivity contribution in [1.82, 2.24) is 10.3 Å². The molecule has 0 aliphatic carbocycles. The zero-order valence-electron chi connectivity index (χ0n) is 14.2. The number of hydrogen-bond acceptors (Lipinski definition) is 5. The molecule has 1 aromatic heterocycles. The fourth-order valence-electron chi connectivity index (χ4n) is 2.95. The summed E-state index contributed by atoms with van der Waals surface area (Å²) < 4.78 is 5.87. The summed E-state index contributed by atoms with van der Waals surface area (Å²) in [5.41, 5.74) is 2.21. The van der Waals surface area contributed by atoms with Crippen molar-refractivity contribution in [3.63, 3.8) is 0 Å². The average molecular weight is 351 g/mol. The van der Waals surface area contributed by atoms with Crippen LogP contribution in [-0.2, 0) is 0 Å². The summed E-state index contributed by atoms with van der Waals surface area (Å²) in [5, 5.41) is 4.51. The lowest BCUT2D eigenvalue weighted by molar-refractivity contribution is 0.483. The summed E-state index contributed by atoms with van der Waals surface area (Å²) >= 11 is 1.78. The fourth-order valence-corrected chi connectivity index (χ4v) is 3.93. The molecule has 1 aliphatic rings. The Bertz CT molecular complexity index is 824. The summed E-state index contributed by atoms with van der Waals surface area (Å²) in [4.78, 5) is 8.51. The van der Waals surface area contributed by atoms with Gasteiger partial charge in [-0.3, -0.25) is 0 Å². The summed E-state index contributed by atoms with van der Waals surface area (Å²) in [7, 11) is 0. The van der Waals surface area contributed by atoms with E-state index >= 15 is 0 Å². The summed E-state index contributed by atoms with van der Waals surface area (Å²) in [5.74, 6) is 1.69. The van der Waals surface area contributed by atoms with Gasteiger partial charge in [0.25, 0.3) is 0 Å². The molecule has 128 valence electrons. The minimum absolute atomic E-state index is 0.838. The summed E-state index contributed by atoms with van der Waals surface area (Å²) in [6.07, 6.45) is 0. The highest BCUT2D eigenvalue weighted by Gasteiger charge is 2.17. The zero-order valence-corrected chi connectivity index (χ0v) is 15.1. The van der Waals surface area contributed by atoms with E-state index in [2.05, 4.69) is 29.3 Å². The van der Waals surface area contributed by atoms with E-state index in [1.165, 1.54) is 4.88 Å². The molecule has 0 radical (unpaired) electrons. The Labute approximate surface area is 152 Å². The Kier molecular flexibility index (Phi) is 4.68. The van der Waals surface area contributed by atoms with Crippen LogP contribution < -0.4 is 15.0 Å². The Balaban J connectivity index is 1.53. The van der Waals surface area contributed by atoms with E-state index in [1.807, 2.05) is 42.5 Å². The SMILES string of the molecule is Cc1sc(N2CCNCC2)nc1-c1ccc(Oc2ccccc2)cc1. The van der Waals surface area contributed by atoms with E-state index < -0.39 is 0 Å². The van der Waals surface area contributed by atoms with Gasteiger partial charge in [0.2, 0.25) is 0 Å². The normalized spacial score (nSPS) is 14.5. The lowest BCUT2D eigenvalue weighted by Crippen LogP contribution is -2.43. The topological polar surface area (TPSA) is 37.4 Å². The van der Waals surface area contributed by atoms with Crippen molar-refractivity contribution < 1.29 is 4.74 Å². The zero-order chi connectivity index (χ0) is 17.1. The number of benzene rings is 2. The molecule has 1 N–H and O–H groups in total. The third-order valence-electron chi connectivity index (χ3n) is 4.28. The number of rotatable bonds is 4. The quantitative estimate of drug-likeness (QED) is 0.759. The molecule has 1 aliphatic heterocycles. The van der Waals surface area contributed by atoms with Gasteiger partial charge < -0.3 is 15.0 Å². The number of ether oxygens (including phenoxy) is 1. The molecule has 0 saturated carbocycles. The predicted molar refractivity (Wildman–Crippen MR) is 104 cm³/mol. The van der Waals surface area contributed by atoms with Crippen LogP contribution in [0.2, 0.25) is 0 Å². The number of anilines is 1. The van der Waals surface area contributed by atoms with Crippen molar-refractivity contribution in [1.29, 1.82) is 0 Å².